The monoisotopic (exact) mass is 289 g/mol. The number of benzene rings is 1. The number of hydrogen-bond acceptors (Lipinski definition) is 6. The third kappa shape index (κ3) is 1.71. The first kappa shape index (κ1) is 9.86. The minimum atomic E-state index is -2.13. The van der Waals surface area contributed by atoms with E-state index < -0.39 is 6.75 Å². The van der Waals surface area contributed by atoms with Crippen LogP contribution in [0.4, 0.5) is 5.13 Å². The Morgan fingerprint density at radius 3 is 3.40 bits per heavy atom. The fourth-order valence-electron chi connectivity index (χ4n) is 2.39. The molecule has 2 aromatic rings. The van der Waals surface area contributed by atoms with Gasteiger partial charge < -0.3 is 14.4 Å². The van der Waals surface area contributed by atoms with Crippen molar-refractivity contribution >= 4 is 26.7 Å². The molecule has 5 nitrogen and oxygen atoms in total. The molecule has 0 saturated carbocycles. The largest absolute Gasteiger partial charge is 0.454 e. The fourth-order valence-corrected chi connectivity index (χ4v) is 3.40. The Hall–Kier alpha value is -1.97. The zero-order valence-corrected chi connectivity index (χ0v) is 11.6. The van der Waals surface area contributed by atoms with Crippen LogP contribution in [0.2, 0.25) is 0 Å². The van der Waals surface area contributed by atoms with E-state index in [4.69, 9.17) is 12.2 Å². The van der Waals surface area contributed by atoms with Gasteiger partial charge in [0.1, 0.15) is 14.3 Å². The fraction of sp³-hybridized carbons (Fsp3) is 0.357. The Kier molecular flexibility index (Phi) is 2.24. The summed E-state index contributed by atoms with van der Waals surface area (Å²) < 4.78 is 26.4. The lowest BCUT2D eigenvalue weighted by atomic mass is 10.3. The number of fused-ring (bicyclic) bond motifs is 3. The van der Waals surface area contributed by atoms with Gasteiger partial charge in [0.15, 0.2) is 16.6 Å². The predicted molar refractivity (Wildman–Crippen MR) is 78.3 cm³/mol. The molecule has 4 rings (SSSR count). The summed E-state index contributed by atoms with van der Waals surface area (Å²) >= 11 is 1.54. The second-order valence-electron chi connectivity index (χ2n) is 4.52. The molecule has 3 heterocycles. The molecule has 0 amide bonds. The van der Waals surface area contributed by atoms with Crippen LogP contribution < -0.4 is 19.7 Å². The molecular weight excluding hydrogens is 274 g/mol. The highest BCUT2D eigenvalue weighted by atomic mass is 32.1. The van der Waals surface area contributed by atoms with Gasteiger partial charge in [0.25, 0.3) is 0 Å². The second-order valence-corrected chi connectivity index (χ2v) is 5.52. The van der Waals surface area contributed by atoms with Crippen molar-refractivity contribution in [3.63, 3.8) is 0 Å². The number of nitrogens with zero attached hydrogens (tertiary/aromatic N) is 2. The Bertz CT molecular complexity index is 812. The third-order valence-electron chi connectivity index (χ3n) is 3.32. The molecular formula is C14H13N3O2S. The quantitative estimate of drug-likeness (QED) is 0.811. The molecule has 1 saturated heterocycles. The summed E-state index contributed by atoms with van der Waals surface area (Å²) in [5, 5.41) is 4.13. The van der Waals surface area contributed by atoms with Gasteiger partial charge in [-0.2, -0.15) is 0 Å². The molecule has 1 N–H and O–H groups in total. The van der Waals surface area contributed by atoms with Crippen LogP contribution >= 0.6 is 11.3 Å². The maximum absolute atomic E-state index is 7.57. The number of rotatable bonds is 1. The van der Waals surface area contributed by atoms with Crippen molar-refractivity contribution in [2.24, 2.45) is 0 Å². The predicted octanol–water partition coefficient (Wildman–Crippen LogP) is 1.78. The number of nitrogens with one attached hydrogen (secondary N) is 1. The van der Waals surface area contributed by atoms with E-state index in [1.807, 2.05) is 13.0 Å². The highest BCUT2D eigenvalue weighted by Crippen LogP contribution is 2.42. The highest BCUT2D eigenvalue weighted by molar-refractivity contribution is 7.22. The zero-order valence-electron chi connectivity index (χ0n) is 12.8. The first-order valence-electron chi connectivity index (χ1n) is 7.28. The molecule has 20 heavy (non-hydrogen) atoms. The van der Waals surface area contributed by atoms with E-state index in [1.165, 1.54) is 11.3 Å². The minimum Gasteiger partial charge on any atom is -0.454 e. The molecule has 1 aromatic heterocycles. The molecule has 0 unspecified atom stereocenters. The van der Waals surface area contributed by atoms with Crippen molar-refractivity contribution in [2.75, 3.05) is 24.9 Å². The summed E-state index contributed by atoms with van der Waals surface area (Å²) in [7, 11) is 0. The van der Waals surface area contributed by atoms with Crippen LogP contribution in [-0.4, -0.2) is 31.0 Å². The summed E-state index contributed by atoms with van der Waals surface area (Å²) in [5.41, 5.74) is 0.633. The molecule has 102 valence electrons. The molecule has 1 aromatic carbocycles. The second kappa shape index (κ2) is 4.54. The molecule has 0 bridgehead atoms. The Labute approximate surface area is 123 Å². The third-order valence-corrected chi connectivity index (χ3v) is 4.37. The van der Waals surface area contributed by atoms with Crippen LogP contribution in [0, 0.1) is 11.8 Å². The van der Waals surface area contributed by atoms with Crippen LogP contribution in [0.1, 0.15) is 9.67 Å². The van der Waals surface area contributed by atoms with Crippen LogP contribution in [0.5, 0.6) is 11.5 Å². The molecule has 1 fully saturated rings. The molecule has 2 aliphatic rings. The summed E-state index contributed by atoms with van der Waals surface area (Å²) in [6.07, 6.45) is 0. The lowest BCUT2D eigenvalue weighted by Gasteiger charge is -2.17. The van der Waals surface area contributed by atoms with E-state index in [1.54, 1.807) is 6.07 Å². The molecule has 2 aliphatic heterocycles. The molecule has 0 aliphatic carbocycles. The maximum atomic E-state index is 7.57. The Morgan fingerprint density at radius 2 is 2.50 bits per heavy atom. The first-order chi connectivity index (χ1) is 10.6. The molecule has 6 heteroatoms. The van der Waals surface area contributed by atoms with E-state index in [0.717, 1.165) is 16.4 Å². The Balaban J connectivity index is 1.77. The SMILES string of the molecule is [2H]C1([2H])Oc2ccc3sc(N4CNC[C@H]4C#CC)nc3c2O1. The maximum Gasteiger partial charge on any atom is 0.231 e. The van der Waals surface area contributed by atoms with Crippen LogP contribution in [0.25, 0.3) is 10.2 Å². The average Bonchev–Trinajstić information content (AvgIpc) is 3.12. The molecule has 0 radical (unpaired) electrons. The van der Waals surface area contributed by atoms with Crippen LogP contribution in [0.15, 0.2) is 12.1 Å². The van der Waals surface area contributed by atoms with Gasteiger partial charge in [-0.1, -0.05) is 17.3 Å². The van der Waals surface area contributed by atoms with E-state index in [9.17, 15) is 0 Å². The van der Waals surface area contributed by atoms with Gasteiger partial charge in [-0.25, -0.2) is 4.98 Å². The van der Waals surface area contributed by atoms with E-state index >= 15 is 0 Å². The summed E-state index contributed by atoms with van der Waals surface area (Å²) in [4.78, 5) is 6.74. The van der Waals surface area contributed by atoms with E-state index in [-0.39, 0.29) is 6.04 Å². The molecule has 0 spiro atoms. The van der Waals surface area contributed by atoms with Crippen molar-refractivity contribution in [3.05, 3.63) is 12.1 Å². The number of anilines is 1. The standard InChI is InChI=1S/C14H13N3O2S/c1-2-3-9-6-15-7-17(9)14-16-12-11(20-14)5-4-10-13(12)19-8-18-10/h4-5,9,15H,6-8H2,1H3/t9-/m1/s1/i8D2. The van der Waals surface area contributed by atoms with Crippen LogP contribution in [-0.2, 0) is 0 Å². The van der Waals surface area contributed by atoms with E-state index in [2.05, 4.69) is 27.0 Å². The summed E-state index contributed by atoms with van der Waals surface area (Å²) in [5.74, 6) is 6.87. The number of thiazole rings is 1. The van der Waals surface area contributed by atoms with Crippen molar-refractivity contribution in [1.29, 1.82) is 0 Å². The minimum absolute atomic E-state index is 0.0993. The summed E-state index contributed by atoms with van der Waals surface area (Å²) in [6.45, 7) is 1.19. The van der Waals surface area contributed by atoms with Crippen molar-refractivity contribution in [3.8, 4) is 23.3 Å². The van der Waals surface area contributed by atoms with Gasteiger partial charge in [-0.15, -0.1) is 5.92 Å². The number of hydrogen-bond donors (Lipinski definition) is 1. The number of aromatic nitrogens is 1. The number of ether oxygens (including phenoxy) is 2. The molecule has 1 atom stereocenters. The highest BCUT2D eigenvalue weighted by Gasteiger charge is 2.27. The normalized spacial score (nSPS) is 24.2. The van der Waals surface area contributed by atoms with Gasteiger partial charge in [-0.3, -0.25) is 5.32 Å². The average molecular weight is 289 g/mol. The topological polar surface area (TPSA) is 46.6 Å². The zero-order chi connectivity index (χ0) is 15.3. The van der Waals surface area contributed by atoms with Gasteiger partial charge in [0, 0.05) is 6.54 Å². The van der Waals surface area contributed by atoms with Crippen molar-refractivity contribution < 1.29 is 12.2 Å². The lowest BCUT2D eigenvalue weighted by molar-refractivity contribution is 0.174. The van der Waals surface area contributed by atoms with E-state index in [0.29, 0.717) is 23.7 Å². The van der Waals surface area contributed by atoms with Crippen molar-refractivity contribution in [2.45, 2.75) is 13.0 Å². The smallest absolute Gasteiger partial charge is 0.231 e. The van der Waals surface area contributed by atoms with Gasteiger partial charge in [0.2, 0.25) is 6.75 Å². The van der Waals surface area contributed by atoms with Gasteiger partial charge >= 0.3 is 0 Å². The first-order valence-corrected chi connectivity index (χ1v) is 7.10. The Morgan fingerprint density at radius 1 is 1.55 bits per heavy atom. The van der Waals surface area contributed by atoms with Crippen molar-refractivity contribution in [1.82, 2.24) is 10.3 Å². The van der Waals surface area contributed by atoms with Crippen LogP contribution in [0.3, 0.4) is 0 Å². The van der Waals surface area contributed by atoms with Gasteiger partial charge in [-0.05, 0) is 19.1 Å². The van der Waals surface area contributed by atoms with Gasteiger partial charge in [0.05, 0.1) is 11.4 Å². The lowest BCUT2D eigenvalue weighted by Crippen LogP contribution is -2.29. The summed E-state index contributed by atoms with van der Waals surface area (Å²) in [6, 6.07) is 3.70.